The number of hydrogen-bond acceptors (Lipinski definition) is 1. The minimum absolute atomic E-state index is 0.276. The average Bonchev–Trinajstić information content (AvgIpc) is 2.70. The fourth-order valence-electron chi connectivity index (χ4n) is 3.33. The molecule has 0 spiro atoms. The third kappa shape index (κ3) is 2.13. The van der Waals surface area contributed by atoms with Gasteiger partial charge >= 0.3 is 0 Å². The minimum Gasteiger partial charge on any atom is -0.343 e. The fourth-order valence-corrected chi connectivity index (χ4v) is 3.60. The fraction of sp³-hybridized carbons (Fsp3) is 0.222. The summed E-state index contributed by atoms with van der Waals surface area (Å²) in [5, 5.41) is 5.01. The monoisotopic (exact) mass is 314 g/mol. The van der Waals surface area contributed by atoms with Crippen molar-refractivity contribution in [2.24, 2.45) is 0 Å². The third-order valence-corrected chi connectivity index (χ3v) is 4.62. The van der Waals surface area contributed by atoms with Gasteiger partial charge in [0, 0.05) is 48.3 Å². The van der Waals surface area contributed by atoms with E-state index in [0.29, 0.717) is 10.6 Å². The lowest BCUT2D eigenvalue weighted by atomic mass is 10.0. The molecule has 1 N–H and O–H groups in total. The topological polar surface area (TPSA) is 17.0 Å². The summed E-state index contributed by atoms with van der Waals surface area (Å²) in [6.45, 7) is 2.80. The molecule has 0 radical (unpaired) electrons. The highest BCUT2D eigenvalue weighted by atomic mass is 35.5. The zero-order valence-corrected chi connectivity index (χ0v) is 12.8. The molecule has 0 amide bonds. The summed E-state index contributed by atoms with van der Waals surface area (Å²) in [4.78, 5) is 0. The molecular formula is C18H16ClFN2. The van der Waals surface area contributed by atoms with Gasteiger partial charge in [-0.3, -0.25) is 0 Å². The Hall–Kier alpha value is -1.84. The summed E-state index contributed by atoms with van der Waals surface area (Å²) in [6.07, 6.45) is 0.985. The maximum absolute atomic E-state index is 14.4. The summed E-state index contributed by atoms with van der Waals surface area (Å²) < 4.78 is 16.7. The van der Waals surface area contributed by atoms with E-state index in [1.807, 2.05) is 12.1 Å². The van der Waals surface area contributed by atoms with Gasteiger partial charge in [-0.1, -0.05) is 35.9 Å². The van der Waals surface area contributed by atoms with Crippen LogP contribution in [-0.2, 0) is 13.0 Å². The van der Waals surface area contributed by atoms with Crippen LogP contribution in [0.3, 0.4) is 0 Å². The van der Waals surface area contributed by atoms with Crippen molar-refractivity contribution in [1.29, 1.82) is 0 Å². The number of halogens is 2. The Morgan fingerprint density at radius 1 is 1.09 bits per heavy atom. The largest absolute Gasteiger partial charge is 0.343 e. The van der Waals surface area contributed by atoms with Gasteiger partial charge in [0.25, 0.3) is 0 Å². The van der Waals surface area contributed by atoms with Gasteiger partial charge in [0.1, 0.15) is 5.82 Å². The molecule has 3 aromatic rings. The first-order chi connectivity index (χ1) is 10.8. The van der Waals surface area contributed by atoms with Crippen LogP contribution in [0.25, 0.3) is 22.0 Å². The van der Waals surface area contributed by atoms with Gasteiger partial charge < -0.3 is 9.88 Å². The van der Waals surface area contributed by atoms with Crippen LogP contribution in [0.15, 0.2) is 42.5 Å². The van der Waals surface area contributed by atoms with Gasteiger partial charge in [-0.2, -0.15) is 0 Å². The summed E-state index contributed by atoms with van der Waals surface area (Å²) in [6, 6.07) is 13.1. The molecule has 2 heterocycles. The first-order valence-electron chi connectivity index (χ1n) is 7.52. The molecule has 4 heteroatoms. The highest BCUT2D eigenvalue weighted by Gasteiger charge is 2.18. The van der Waals surface area contributed by atoms with Gasteiger partial charge in [-0.05, 0) is 18.2 Å². The van der Waals surface area contributed by atoms with E-state index in [1.54, 1.807) is 12.1 Å². The maximum atomic E-state index is 14.4. The Morgan fingerprint density at radius 3 is 2.82 bits per heavy atom. The van der Waals surface area contributed by atoms with Gasteiger partial charge in [-0.25, -0.2) is 4.39 Å². The quantitative estimate of drug-likeness (QED) is 0.710. The van der Waals surface area contributed by atoms with E-state index in [1.165, 1.54) is 11.8 Å². The van der Waals surface area contributed by atoms with Crippen LogP contribution in [0.1, 0.15) is 5.69 Å². The molecule has 1 aliphatic rings. The van der Waals surface area contributed by atoms with Crippen molar-refractivity contribution >= 4 is 22.5 Å². The summed E-state index contributed by atoms with van der Waals surface area (Å²) in [7, 11) is 0. The third-order valence-electron chi connectivity index (χ3n) is 4.31. The standard InChI is InChI=1S/C18H16ClFN2/c19-15-5-2-6-16(20)17(15)14-4-1-3-12-11-13-7-8-21-9-10-22(13)18(12)14/h1-6,11,21H,7-10H2. The van der Waals surface area contributed by atoms with Gasteiger partial charge in [0.2, 0.25) is 0 Å². The molecule has 0 atom stereocenters. The van der Waals surface area contributed by atoms with E-state index in [9.17, 15) is 4.39 Å². The van der Waals surface area contributed by atoms with E-state index in [0.717, 1.165) is 42.5 Å². The van der Waals surface area contributed by atoms with Crippen LogP contribution in [0, 0.1) is 5.82 Å². The number of para-hydroxylation sites is 1. The van der Waals surface area contributed by atoms with Crippen molar-refractivity contribution in [1.82, 2.24) is 9.88 Å². The second-order valence-corrected chi connectivity index (χ2v) is 6.03. The number of nitrogens with zero attached hydrogens (tertiary/aromatic N) is 1. The normalized spacial score (nSPS) is 14.8. The molecule has 0 bridgehead atoms. The number of hydrogen-bond donors (Lipinski definition) is 1. The number of nitrogens with one attached hydrogen (secondary N) is 1. The lowest BCUT2D eigenvalue weighted by Crippen LogP contribution is -2.17. The minimum atomic E-state index is -0.276. The summed E-state index contributed by atoms with van der Waals surface area (Å²) in [5.41, 5.74) is 3.73. The van der Waals surface area contributed by atoms with Crippen molar-refractivity contribution in [2.75, 3.05) is 13.1 Å². The lowest BCUT2D eigenvalue weighted by molar-refractivity contribution is 0.631. The smallest absolute Gasteiger partial charge is 0.132 e. The zero-order valence-electron chi connectivity index (χ0n) is 12.1. The molecule has 0 saturated heterocycles. The maximum Gasteiger partial charge on any atom is 0.132 e. The second kappa shape index (κ2) is 5.41. The zero-order chi connectivity index (χ0) is 15.1. The van der Waals surface area contributed by atoms with Gasteiger partial charge in [0.15, 0.2) is 0 Å². The molecule has 1 aliphatic heterocycles. The molecule has 0 saturated carbocycles. The van der Waals surface area contributed by atoms with E-state index in [2.05, 4.69) is 22.0 Å². The number of fused-ring (bicyclic) bond motifs is 3. The highest BCUT2D eigenvalue weighted by Crippen LogP contribution is 2.37. The molecular weight excluding hydrogens is 299 g/mol. The van der Waals surface area contributed by atoms with Crippen molar-refractivity contribution in [3.05, 3.63) is 59.0 Å². The lowest BCUT2D eigenvalue weighted by Gasteiger charge is -2.12. The molecule has 0 aliphatic carbocycles. The predicted octanol–water partition coefficient (Wildman–Crippen LogP) is 4.25. The first kappa shape index (κ1) is 13.8. The van der Waals surface area contributed by atoms with E-state index in [4.69, 9.17) is 11.6 Å². The Balaban J connectivity index is 2.04. The van der Waals surface area contributed by atoms with Crippen molar-refractivity contribution < 1.29 is 4.39 Å². The van der Waals surface area contributed by atoms with Gasteiger partial charge in [-0.15, -0.1) is 0 Å². The van der Waals surface area contributed by atoms with Crippen LogP contribution in [0.2, 0.25) is 5.02 Å². The SMILES string of the molecule is Fc1cccc(Cl)c1-c1cccc2cc3n(c12)CCNCC3. The molecule has 0 unspecified atom stereocenters. The number of benzene rings is 2. The Morgan fingerprint density at radius 2 is 1.95 bits per heavy atom. The molecule has 0 fully saturated rings. The molecule has 1 aromatic heterocycles. The van der Waals surface area contributed by atoms with E-state index >= 15 is 0 Å². The Bertz CT molecular complexity index is 833. The summed E-state index contributed by atoms with van der Waals surface area (Å²) in [5.74, 6) is -0.276. The first-order valence-corrected chi connectivity index (χ1v) is 7.90. The van der Waals surface area contributed by atoms with Crippen LogP contribution in [-0.4, -0.2) is 17.7 Å². The van der Waals surface area contributed by atoms with Crippen LogP contribution in [0.4, 0.5) is 4.39 Å². The molecule has 4 rings (SSSR count). The van der Waals surface area contributed by atoms with Crippen LogP contribution in [0.5, 0.6) is 0 Å². The van der Waals surface area contributed by atoms with Crippen molar-refractivity contribution in [2.45, 2.75) is 13.0 Å². The predicted molar refractivity (Wildman–Crippen MR) is 88.9 cm³/mol. The number of aromatic nitrogens is 1. The highest BCUT2D eigenvalue weighted by molar-refractivity contribution is 6.33. The number of rotatable bonds is 1. The van der Waals surface area contributed by atoms with Crippen molar-refractivity contribution in [3.8, 4) is 11.1 Å². The molecule has 22 heavy (non-hydrogen) atoms. The van der Waals surface area contributed by atoms with Crippen LogP contribution < -0.4 is 5.32 Å². The molecule has 2 nitrogen and oxygen atoms in total. The van der Waals surface area contributed by atoms with Crippen LogP contribution >= 0.6 is 11.6 Å². The Labute approximate surface area is 133 Å². The average molecular weight is 315 g/mol. The van der Waals surface area contributed by atoms with Crippen molar-refractivity contribution in [3.63, 3.8) is 0 Å². The summed E-state index contributed by atoms with van der Waals surface area (Å²) >= 11 is 6.29. The molecule has 2 aromatic carbocycles. The Kier molecular flexibility index (Phi) is 3.40. The van der Waals surface area contributed by atoms with E-state index in [-0.39, 0.29) is 5.82 Å². The van der Waals surface area contributed by atoms with E-state index < -0.39 is 0 Å². The van der Waals surface area contributed by atoms with Gasteiger partial charge in [0.05, 0.1) is 10.5 Å². The molecule has 112 valence electrons. The second-order valence-electron chi connectivity index (χ2n) is 5.63.